The van der Waals surface area contributed by atoms with Crippen molar-refractivity contribution in [2.45, 2.75) is 19.9 Å². The fourth-order valence-corrected chi connectivity index (χ4v) is 3.31. The highest BCUT2D eigenvalue weighted by molar-refractivity contribution is 7.16. The predicted molar refractivity (Wildman–Crippen MR) is 96.5 cm³/mol. The Morgan fingerprint density at radius 2 is 2.04 bits per heavy atom. The lowest BCUT2D eigenvalue weighted by Gasteiger charge is -2.24. The van der Waals surface area contributed by atoms with Crippen LogP contribution in [-0.4, -0.2) is 32.1 Å². The zero-order valence-electron chi connectivity index (χ0n) is 14.0. The summed E-state index contributed by atoms with van der Waals surface area (Å²) in [6.07, 6.45) is 1.74. The molecule has 0 aliphatic carbocycles. The van der Waals surface area contributed by atoms with E-state index < -0.39 is 0 Å². The minimum Gasteiger partial charge on any atom is -0.347 e. The molecule has 0 aromatic carbocycles. The SMILES string of the molecule is Cc1noc(C(C)N(C)c2nc(-c3ccccn3)nc3sccc23)n1. The average Bonchev–Trinajstić information content (AvgIpc) is 3.29. The third-order valence-corrected chi connectivity index (χ3v) is 4.82. The number of rotatable bonds is 4. The zero-order valence-corrected chi connectivity index (χ0v) is 14.9. The van der Waals surface area contributed by atoms with Crippen molar-refractivity contribution in [2.75, 3.05) is 11.9 Å². The zero-order chi connectivity index (χ0) is 17.4. The molecule has 0 bridgehead atoms. The van der Waals surface area contributed by atoms with Gasteiger partial charge >= 0.3 is 0 Å². The monoisotopic (exact) mass is 352 g/mol. The van der Waals surface area contributed by atoms with Gasteiger partial charge in [-0.05, 0) is 37.4 Å². The van der Waals surface area contributed by atoms with Gasteiger partial charge in [0.2, 0.25) is 5.89 Å². The summed E-state index contributed by atoms with van der Waals surface area (Å²) in [6.45, 7) is 3.81. The topological polar surface area (TPSA) is 80.8 Å². The molecule has 4 rings (SSSR count). The van der Waals surface area contributed by atoms with Crippen molar-refractivity contribution in [2.24, 2.45) is 0 Å². The van der Waals surface area contributed by atoms with Crippen LogP contribution in [0.15, 0.2) is 40.4 Å². The first kappa shape index (κ1) is 15.6. The molecule has 4 aromatic heterocycles. The number of thiophene rings is 1. The van der Waals surface area contributed by atoms with E-state index in [0.29, 0.717) is 17.5 Å². The summed E-state index contributed by atoms with van der Waals surface area (Å²) in [5.41, 5.74) is 0.744. The Labute approximate surface area is 148 Å². The van der Waals surface area contributed by atoms with Gasteiger partial charge in [-0.15, -0.1) is 11.3 Å². The van der Waals surface area contributed by atoms with Crippen LogP contribution in [0.5, 0.6) is 0 Å². The summed E-state index contributed by atoms with van der Waals surface area (Å²) in [6, 6.07) is 7.62. The van der Waals surface area contributed by atoms with Crippen LogP contribution < -0.4 is 4.90 Å². The lowest BCUT2D eigenvalue weighted by atomic mass is 10.2. The minimum atomic E-state index is -0.115. The summed E-state index contributed by atoms with van der Waals surface area (Å²) in [5.74, 6) is 2.59. The van der Waals surface area contributed by atoms with Gasteiger partial charge in [0, 0.05) is 13.2 Å². The third-order valence-electron chi connectivity index (χ3n) is 4.01. The maximum absolute atomic E-state index is 5.32. The van der Waals surface area contributed by atoms with Gasteiger partial charge in [0.25, 0.3) is 0 Å². The lowest BCUT2D eigenvalue weighted by Crippen LogP contribution is -2.23. The highest BCUT2D eigenvalue weighted by Crippen LogP contribution is 2.33. The Morgan fingerprint density at radius 1 is 1.16 bits per heavy atom. The van der Waals surface area contributed by atoms with Crippen molar-refractivity contribution in [3.8, 4) is 11.5 Å². The van der Waals surface area contributed by atoms with E-state index in [0.717, 1.165) is 21.7 Å². The second-order valence-electron chi connectivity index (χ2n) is 5.69. The quantitative estimate of drug-likeness (QED) is 0.554. The summed E-state index contributed by atoms with van der Waals surface area (Å²) in [5, 5.41) is 6.89. The molecule has 7 nitrogen and oxygen atoms in total. The number of hydrogen-bond donors (Lipinski definition) is 0. The molecule has 0 amide bonds. The fraction of sp³-hybridized carbons (Fsp3) is 0.235. The first-order valence-corrected chi connectivity index (χ1v) is 8.71. The molecule has 4 aromatic rings. The average molecular weight is 352 g/mol. The Balaban J connectivity index is 1.81. The molecule has 0 fully saturated rings. The molecule has 0 N–H and O–H groups in total. The van der Waals surface area contributed by atoms with Crippen LogP contribution >= 0.6 is 11.3 Å². The van der Waals surface area contributed by atoms with E-state index in [2.05, 4.69) is 20.1 Å². The van der Waals surface area contributed by atoms with Gasteiger partial charge in [-0.1, -0.05) is 11.2 Å². The number of anilines is 1. The Kier molecular flexibility index (Phi) is 3.89. The number of hydrogen-bond acceptors (Lipinski definition) is 8. The Bertz CT molecular complexity index is 1010. The van der Waals surface area contributed by atoms with Crippen LogP contribution in [0.1, 0.15) is 24.7 Å². The van der Waals surface area contributed by atoms with Crippen molar-refractivity contribution >= 4 is 27.4 Å². The first-order chi connectivity index (χ1) is 12.1. The van der Waals surface area contributed by atoms with Crippen molar-refractivity contribution in [1.82, 2.24) is 25.1 Å². The third kappa shape index (κ3) is 2.85. The molecule has 1 atom stereocenters. The summed E-state index contributed by atoms with van der Waals surface area (Å²) < 4.78 is 5.32. The van der Waals surface area contributed by atoms with Gasteiger partial charge in [0.1, 0.15) is 22.4 Å². The predicted octanol–water partition coefficient (Wildman–Crippen LogP) is 3.64. The van der Waals surface area contributed by atoms with Crippen LogP contribution in [0.25, 0.3) is 21.7 Å². The van der Waals surface area contributed by atoms with E-state index in [1.807, 2.05) is 48.5 Å². The molecular formula is C17H16N6OS. The maximum atomic E-state index is 5.32. The highest BCUT2D eigenvalue weighted by atomic mass is 32.1. The number of fused-ring (bicyclic) bond motifs is 1. The molecule has 126 valence electrons. The standard InChI is InChI=1S/C17H16N6OS/c1-10(16-19-11(2)22-24-16)23(3)15-12-7-9-25-17(12)21-14(20-15)13-6-4-5-8-18-13/h4-10H,1-3H3. The van der Waals surface area contributed by atoms with Crippen molar-refractivity contribution in [3.05, 3.63) is 47.6 Å². The molecule has 0 radical (unpaired) electrons. The number of aromatic nitrogens is 5. The minimum absolute atomic E-state index is 0.115. The normalized spacial score (nSPS) is 12.4. The van der Waals surface area contributed by atoms with Crippen LogP contribution in [0.2, 0.25) is 0 Å². The molecule has 4 heterocycles. The Hall–Kier alpha value is -2.87. The van der Waals surface area contributed by atoms with Crippen molar-refractivity contribution in [3.63, 3.8) is 0 Å². The second kappa shape index (κ2) is 6.21. The molecule has 0 aliphatic heterocycles. The van der Waals surface area contributed by atoms with Gasteiger partial charge in [-0.3, -0.25) is 4.98 Å². The van der Waals surface area contributed by atoms with Gasteiger partial charge in [-0.25, -0.2) is 9.97 Å². The maximum Gasteiger partial charge on any atom is 0.249 e. The van der Waals surface area contributed by atoms with E-state index in [-0.39, 0.29) is 6.04 Å². The molecular weight excluding hydrogens is 336 g/mol. The van der Waals surface area contributed by atoms with Crippen LogP contribution in [0.4, 0.5) is 5.82 Å². The fourth-order valence-electron chi connectivity index (χ4n) is 2.55. The first-order valence-electron chi connectivity index (χ1n) is 7.83. The molecule has 0 aliphatic rings. The van der Waals surface area contributed by atoms with Crippen molar-refractivity contribution in [1.29, 1.82) is 0 Å². The smallest absolute Gasteiger partial charge is 0.249 e. The lowest BCUT2D eigenvalue weighted by molar-refractivity contribution is 0.355. The number of nitrogens with zero attached hydrogens (tertiary/aromatic N) is 6. The Morgan fingerprint density at radius 3 is 2.76 bits per heavy atom. The van der Waals surface area contributed by atoms with Gasteiger partial charge in [0.15, 0.2) is 11.6 Å². The largest absolute Gasteiger partial charge is 0.347 e. The van der Waals surface area contributed by atoms with Crippen LogP contribution in [-0.2, 0) is 0 Å². The molecule has 25 heavy (non-hydrogen) atoms. The summed E-state index contributed by atoms with van der Waals surface area (Å²) >= 11 is 1.58. The van der Waals surface area contributed by atoms with E-state index in [1.54, 1.807) is 24.5 Å². The van der Waals surface area contributed by atoms with Crippen LogP contribution in [0, 0.1) is 6.92 Å². The van der Waals surface area contributed by atoms with Gasteiger partial charge in [-0.2, -0.15) is 4.98 Å². The van der Waals surface area contributed by atoms with Crippen LogP contribution in [0.3, 0.4) is 0 Å². The van der Waals surface area contributed by atoms with E-state index in [9.17, 15) is 0 Å². The molecule has 0 spiro atoms. The molecule has 0 saturated heterocycles. The summed E-state index contributed by atoms with van der Waals surface area (Å²) in [7, 11) is 1.96. The molecule has 0 saturated carbocycles. The van der Waals surface area contributed by atoms with E-state index in [1.165, 1.54) is 0 Å². The van der Waals surface area contributed by atoms with E-state index >= 15 is 0 Å². The second-order valence-corrected chi connectivity index (χ2v) is 6.59. The molecule has 1 unspecified atom stereocenters. The highest BCUT2D eigenvalue weighted by Gasteiger charge is 2.22. The van der Waals surface area contributed by atoms with Crippen molar-refractivity contribution < 1.29 is 4.52 Å². The van der Waals surface area contributed by atoms with Gasteiger partial charge < -0.3 is 9.42 Å². The number of pyridine rings is 1. The number of aryl methyl sites for hydroxylation is 1. The van der Waals surface area contributed by atoms with E-state index in [4.69, 9.17) is 9.51 Å². The molecule has 8 heteroatoms. The van der Waals surface area contributed by atoms with Gasteiger partial charge in [0.05, 0.1) is 5.39 Å². The summed E-state index contributed by atoms with van der Waals surface area (Å²) in [4.78, 5) is 21.1.